The second kappa shape index (κ2) is 5.04. The third kappa shape index (κ3) is 2.11. The summed E-state index contributed by atoms with van der Waals surface area (Å²) in [5, 5.41) is 17.0. The van der Waals surface area contributed by atoms with E-state index < -0.39 is 5.82 Å². The first-order chi connectivity index (χ1) is 8.56. The lowest BCUT2D eigenvalue weighted by molar-refractivity contribution is 0.262. The van der Waals surface area contributed by atoms with E-state index in [1.165, 1.54) is 6.07 Å². The van der Waals surface area contributed by atoms with Gasteiger partial charge in [0.2, 0.25) is 0 Å². The molecule has 0 bridgehead atoms. The molecule has 96 valence electrons. The Bertz CT molecular complexity index is 568. The van der Waals surface area contributed by atoms with Crippen LogP contribution in [-0.2, 0) is 6.61 Å². The first-order valence-corrected chi connectivity index (χ1v) is 5.93. The Labute approximate surface area is 109 Å². The minimum absolute atomic E-state index is 0.00975. The number of benzene rings is 1. The van der Waals surface area contributed by atoms with E-state index in [1.807, 2.05) is 13.8 Å². The van der Waals surface area contributed by atoms with Crippen LogP contribution in [0.25, 0.3) is 11.4 Å². The fourth-order valence-corrected chi connectivity index (χ4v) is 2.01. The van der Waals surface area contributed by atoms with Crippen LogP contribution in [0.5, 0.6) is 0 Å². The Balaban J connectivity index is 2.64. The average molecular weight is 270 g/mol. The minimum atomic E-state index is -0.530. The molecule has 0 aliphatic rings. The Morgan fingerprint density at radius 2 is 2.11 bits per heavy atom. The maximum Gasteiger partial charge on any atom is 0.167 e. The predicted octanol–water partition coefficient (Wildman–Crippen LogP) is 2.81. The van der Waals surface area contributed by atoms with Crippen molar-refractivity contribution in [1.82, 2.24) is 14.8 Å². The van der Waals surface area contributed by atoms with E-state index >= 15 is 0 Å². The molecule has 6 heteroatoms. The summed E-state index contributed by atoms with van der Waals surface area (Å²) in [6.07, 6.45) is 0. The normalized spacial score (nSPS) is 11.2. The molecule has 1 heterocycles. The molecule has 0 amide bonds. The molecule has 0 fully saturated rings. The Hall–Kier alpha value is -1.46. The standard InChI is InChI=1S/C12H13ClFN3O/c1-7(2)17-10(6-18)15-16-12(17)8-4-3-5-9(13)11(8)14/h3-5,7,18H,6H2,1-2H3. The van der Waals surface area contributed by atoms with Crippen molar-refractivity contribution in [1.29, 1.82) is 0 Å². The molecule has 2 aromatic rings. The molecule has 0 aliphatic heterocycles. The first kappa shape index (κ1) is 13.0. The number of hydrogen-bond donors (Lipinski definition) is 1. The van der Waals surface area contributed by atoms with Crippen LogP contribution in [-0.4, -0.2) is 19.9 Å². The van der Waals surface area contributed by atoms with E-state index in [0.29, 0.717) is 11.6 Å². The van der Waals surface area contributed by atoms with Gasteiger partial charge in [-0.3, -0.25) is 0 Å². The van der Waals surface area contributed by atoms with Gasteiger partial charge in [0.05, 0.1) is 10.6 Å². The molecule has 1 aromatic heterocycles. The van der Waals surface area contributed by atoms with E-state index in [4.69, 9.17) is 11.6 Å². The van der Waals surface area contributed by atoms with E-state index in [0.717, 1.165) is 0 Å². The maximum absolute atomic E-state index is 14.0. The molecule has 0 atom stereocenters. The van der Waals surface area contributed by atoms with Crippen molar-refractivity contribution in [2.24, 2.45) is 0 Å². The number of aromatic nitrogens is 3. The minimum Gasteiger partial charge on any atom is -0.388 e. The van der Waals surface area contributed by atoms with E-state index in [-0.39, 0.29) is 23.2 Å². The summed E-state index contributed by atoms with van der Waals surface area (Å²) in [7, 11) is 0. The lowest BCUT2D eigenvalue weighted by atomic mass is 10.2. The highest BCUT2D eigenvalue weighted by Gasteiger charge is 2.19. The summed E-state index contributed by atoms with van der Waals surface area (Å²) >= 11 is 5.75. The van der Waals surface area contributed by atoms with Gasteiger partial charge in [-0.2, -0.15) is 0 Å². The summed E-state index contributed by atoms with van der Waals surface area (Å²) in [5.41, 5.74) is 0.281. The van der Waals surface area contributed by atoms with Crippen LogP contribution in [0.4, 0.5) is 4.39 Å². The zero-order chi connectivity index (χ0) is 13.3. The van der Waals surface area contributed by atoms with E-state index in [1.54, 1.807) is 16.7 Å². The van der Waals surface area contributed by atoms with Gasteiger partial charge in [0.25, 0.3) is 0 Å². The summed E-state index contributed by atoms with van der Waals surface area (Å²) in [5.74, 6) is 0.242. The predicted molar refractivity (Wildman–Crippen MR) is 66.7 cm³/mol. The van der Waals surface area contributed by atoms with Crippen molar-refractivity contribution in [3.05, 3.63) is 34.9 Å². The first-order valence-electron chi connectivity index (χ1n) is 5.55. The maximum atomic E-state index is 14.0. The van der Waals surface area contributed by atoms with E-state index in [2.05, 4.69) is 10.2 Å². The fourth-order valence-electron chi connectivity index (χ4n) is 1.83. The number of nitrogens with zero attached hydrogens (tertiary/aromatic N) is 3. The molecule has 4 nitrogen and oxygen atoms in total. The van der Waals surface area contributed by atoms with Crippen molar-refractivity contribution < 1.29 is 9.50 Å². The lowest BCUT2D eigenvalue weighted by Gasteiger charge is -2.13. The quantitative estimate of drug-likeness (QED) is 0.932. The van der Waals surface area contributed by atoms with Gasteiger partial charge >= 0.3 is 0 Å². The highest BCUT2D eigenvalue weighted by molar-refractivity contribution is 6.31. The number of aliphatic hydroxyl groups is 1. The number of rotatable bonds is 3. The SMILES string of the molecule is CC(C)n1c(CO)nnc1-c1cccc(Cl)c1F. The smallest absolute Gasteiger partial charge is 0.167 e. The molecule has 18 heavy (non-hydrogen) atoms. The van der Waals surface area contributed by atoms with Gasteiger partial charge in [0.15, 0.2) is 17.5 Å². The monoisotopic (exact) mass is 269 g/mol. The van der Waals surface area contributed by atoms with Gasteiger partial charge in [0, 0.05) is 6.04 Å². The molecule has 0 aliphatic carbocycles. The van der Waals surface area contributed by atoms with Gasteiger partial charge < -0.3 is 9.67 Å². The van der Waals surface area contributed by atoms with Crippen LogP contribution >= 0.6 is 11.6 Å². The fraction of sp³-hybridized carbons (Fsp3) is 0.333. The van der Waals surface area contributed by atoms with Gasteiger partial charge in [-0.1, -0.05) is 17.7 Å². The molecule has 0 spiro atoms. The largest absolute Gasteiger partial charge is 0.388 e. The Morgan fingerprint density at radius 1 is 1.39 bits per heavy atom. The van der Waals surface area contributed by atoms with Crippen molar-refractivity contribution in [3.8, 4) is 11.4 Å². The molecule has 0 saturated heterocycles. The zero-order valence-electron chi connectivity index (χ0n) is 10.1. The van der Waals surface area contributed by atoms with Crippen LogP contribution in [0.1, 0.15) is 25.7 Å². The number of halogens is 2. The molecule has 1 aromatic carbocycles. The molecular weight excluding hydrogens is 257 g/mol. The van der Waals surface area contributed by atoms with Crippen molar-refractivity contribution >= 4 is 11.6 Å². The highest BCUT2D eigenvalue weighted by atomic mass is 35.5. The van der Waals surface area contributed by atoms with Gasteiger partial charge in [0.1, 0.15) is 6.61 Å². The highest BCUT2D eigenvalue weighted by Crippen LogP contribution is 2.28. The Kier molecular flexibility index (Phi) is 3.63. The lowest BCUT2D eigenvalue weighted by Crippen LogP contribution is -2.08. The zero-order valence-corrected chi connectivity index (χ0v) is 10.8. The van der Waals surface area contributed by atoms with Crippen LogP contribution < -0.4 is 0 Å². The third-order valence-electron chi connectivity index (χ3n) is 2.62. The molecular formula is C12H13ClFN3O. The van der Waals surface area contributed by atoms with Crippen LogP contribution in [0.15, 0.2) is 18.2 Å². The number of aliphatic hydroxyl groups excluding tert-OH is 1. The Morgan fingerprint density at radius 3 is 2.72 bits per heavy atom. The van der Waals surface area contributed by atoms with Gasteiger partial charge in [-0.25, -0.2) is 4.39 Å². The molecule has 2 rings (SSSR count). The third-order valence-corrected chi connectivity index (χ3v) is 2.91. The second-order valence-electron chi connectivity index (χ2n) is 4.16. The van der Waals surface area contributed by atoms with Crippen LogP contribution in [0.3, 0.4) is 0 Å². The molecule has 0 radical (unpaired) electrons. The summed E-state index contributed by atoms with van der Waals surface area (Å²) in [4.78, 5) is 0. The topological polar surface area (TPSA) is 50.9 Å². The molecule has 1 N–H and O–H groups in total. The van der Waals surface area contributed by atoms with Crippen molar-refractivity contribution in [2.45, 2.75) is 26.5 Å². The van der Waals surface area contributed by atoms with E-state index in [9.17, 15) is 9.50 Å². The summed E-state index contributed by atoms with van der Waals surface area (Å²) in [6.45, 7) is 3.58. The van der Waals surface area contributed by atoms with Gasteiger partial charge in [-0.15, -0.1) is 10.2 Å². The molecule has 0 unspecified atom stereocenters. The summed E-state index contributed by atoms with van der Waals surface area (Å²) < 4.78 is 15.7. The van der Waals surface area contributed by atoms with Crippen LogP contribution in [0.2, 0.25) is 5.02 Å². The van der Waals surface area contributed by atoms with Crippen molar-refractivity contribution in [3.63, 3.8) is 0 Å². The molecule has 0 saturated carbocycles. The second-order valence-corrected chi connectivity index (χ2v) is 4.57. The van der Waals surface area contributed by atoms with Crippen LogP contribution in [0, 0.1) is 5.82 Å². The summed E-state index contributed by atoms with van der Waals surface area (Å²) in [6, 6.07) is 4.73. The van der Waals surface area contributed by atoms with Crippen molar-refractivity contribution in [2.75, 3.05) is 0 Å². The van der Waals surface area contributed by atoms with Gasteiger partial charge in [-0.05, 0) is 26.0 Å². The number of hydrogen-bond acceptors (Lipinski definition) is 3. The average Bonchev–Trinajstić information content (AvgIpc) is 2.76.